The first-order valence-electron chi connectivity index (χ1n) is 12.2. The molecule has 0 bridgehead atoms. The molecule has 2 aliphatic rings. The summed E-state index contributed by atoms with van der Waals surface area (Å²) in [7, 11) is 1.17. The molecule has 196 valence electrons. The molecule has 1 fully saturated rings. The maximum atomic E-state index is 13.2. The van der Waals surface area contributed by atoms with Crippen molar-refractivity contribution in [1.29, 1.82) is 0 Å². The zero-order chi connectivity index (χ0) is 26.6. The van der Waals surface area contributed by atoms with E-state index in [0.717, 1.165) is 11.4 Å². The van der Waals surface area contributed by atoms with Crippen LogP contribution in [0.1, 0.15) is 70.5 Å². The summed E-state index contributed by atoms with van der Waals surface area (Å²) < 4.78 is 19.8. The zero-order valence-corrected chi connectivity index (χ0v) is 23.1. The smallest absolute Gasteiger partial charge is 0.399 e. The van der Waals surface area contributed by atoms with Crippen LogP contribution >= 0.6 is 11.6 Å². The number of aromatic nitrogens is 2. The third kappa shape index (κ3) is 5.21. The van der Waals surface area contributed by atoms with Gasteiger partial charge in [-0.15, -0.1) is 0 Å². The summed E-state index contributed by atoms with van der Waals surface area (Å²) in [5, 5.41) is 13.7. The number of carbonyl (C=O) groups is 1. The third-order valence-corrected chi connectivity index (χ3v) is 7.47. The molecule has 2 aliphatic heterocycles. The lowest BCUT2D eigenvalue weighted by atomic mass is 9.79. The first kappa shape index (κ1) is 27.1. The van der Waals surface area contributed by atoms with Gasteiger partial charge in [0.2, 0.25) is 6.41 Å². The van der Waals surface area contributed by atoms with Gasteiger partial charge in [-0.2, -0.15) is 0 Å². The largest absolute Gasteiger partial charge is 0.496 e. The van der Waals surface area contributed by atoms with Gasteiger partial charge >= 0.3 is 7.12 Å². The summed E-state index contributed by atoms with van der Waals surface area (Å²) in [6.45, 7) is 14.6. The number of rotatable bonds is 5. The van der Waals surface area contributed by atoms with E-state index in [9.17, 15) is 9.90 Å². The number of aliphatic hydroxyl groups is 1. The molecule has 2 aromatic rings. The number of hydrogen-bond acceptors (Lipinski definition) is 7. The van der Waals surface area contributed by atoms with Crippen molar-refractivity contribution in [2.24, 2.45) is 7.05 Å². The van der Waals surface area contributed by atoms with Gasteiger partial charge in [0.1, 0.15) is 0 Å². The molecular weight excluding hydrogens is 483 g/mol. The molecule has 1 aromatic carbocycles. The van der Waals surface area contributed by atoms with E-state index in [1.807, 2.05) is 61.6 Å². The van der Waals surface area contributed by atoms with Crippen LogP contribution in [0, 0.1) is 0 Å². The molecule has 9 nitrogen and oxygen atoms in total. The van der Waals surface area contributed by atoms with Gasteiger partial charge in [-0.1, -0.05) is 23.7 Å². The third-order valence-electron chi connectivity index (χ3n) is 7.04. The molecule has 0 radical (unpaired) electrons. The van der Waals surface area contributed by atoms with Crippen LogP contribution in [0.5, 0.6) is 0 Å². The normalized spacial score (nSPS) is 20.3. The van der Waals surface area contributed by atoms with Crippen LogP contribution in [0.15, 0.2) is 18.2 Å². The molecule has 3 heterocycles. The van der Waals surface area contributed by atoms with Crippen molar-refractivity contribution in [1.82, 2.24) is 14.5 Å². The number of nitrogens with one attached hydrogen (secondary N) is 1. The van der Waals surface area contributed by atoms with Gasteiger partial charge in [-0.05, 0) is 54.5 Å². The predicted molar refractivity (Wildman–Crippen MR) is 139 cm³/mol. The molecule has 1 atom stereocenters. The van der Waals surface area contributed by atoms with E-state index in [1.54, 1.807) is 21.6 Å². The molecule has 36 heavy (non-hydrogen) atoms. The van der Waals surface area contributed by atoms with Crippen molar-refractivity contribution < 1.29 is 23.9 Å². The number of aliphatic hydroxyl groups excluding tert-OH is 1. The van der Waals surface area contributed by atoms with Crippen LogP contribution in [0.3, 0.4) is 0 Å². The SMILES string of the molecule is Cn1c(C(=O)Nc2cccc(B3OC(C)(C)C(C)(C)O3)c2Cl)nc2c1CCN(C(O)OC(C)(C)C)C2. The molecule has 0 saturated carbocycles. The predicted octanol–water partition coefficient (Wildman–Crippen LogP) is 3.07. The van der Waals surface area contributed by atoms with E-state index in [4.69, 9.17) is 25.6 Å². The summed E-state index contributed by atoms with van der Waals surface area (Å²) in [6.07, 6.45) is -0.413. The number of amides is 1. The number of benzene rings is 1. The molecule has 1 unspecified atom stereocenters. The Morgan fingerprint density at radius 2 is 1.89 bits per heavy atom. The van der Waals surface area contributed by atoms with Crippen molar-refractivity contribution in [3.63, 3.8) is 0 Å². The van der Waals surface area contributed by atoms with E-state index < -0.39 is 30.3 Å². The molecule has 4 rings (SSSR count). The van der Waals surface area contributed by atoms with Crippen LogP contribution in [0.25, 0.3) is 0 Å². The molecule has 1 saturated heterocycles. The average Bonchev–Trinajstić information content (AvgIpc) is 3.20. The molecule has 0 spiro atoms. The Hall–Kier alpha value is -1.95. The van der Waals surface area contributed by atoms with Crippen molar-refractivity contribution in [2.75, 3.05) is 11.9 Å². The van der Waals surface area contributed by atoms with Gasteiger partial charge in [-0.3, -0.25) is 4.79 Å². The van der Waals surface area contributed by atoms with Gasteiger partial charge in [0, 0.05) is 37.7 Å². The van der Waals surface area contributed by atoms with Gasteiger partial charge in [-0.25, -0.2) is 9.88 Å². The summed E-state index contributed by atoms with van der Waals surface area (Å²) in [4.78, 5) is 19.6. The maximum Gasteiger partial charge on any atom is 0.496 e. The summed E-state index contributed by atoms with van der Waals surface area (Å²) in [5.41, 5.74) is 1.29. The molecular formula is C25H36BClN4O5. The number of imidazole rings is 1. The number of carbonyl (C=O) groups excluding carboxylic acids is 1. The number of anilines is 1. The average molecular weight is 519 g/mol. The van der Waals surface area contributed by atoms with Crippen LogP contribution in [0.2, 0.25) is 5.02 Å². The fourth-order valence-corrected chi connectivity index (χ4v) is 4.57. The molecule has 1 aromatic heterocycles. The van der Waals surface area contributed by atoms with Gasteiger partial charge < -0.3 is 29.0 Å². The second-order valence-electron chi connectivity index (χ2n) is 11.4. The zero-order valence-electron chi connectivity index (χ0n) is 22.3. The lowest BCUT2D eigenvalue weighted by Gasteiger charge is -2.34. The number of fused-ring (bicyclic) bond motifs is 1. The Morgan fingerprint density at radius 3 is 2.50 bits per heavy atom. The lowest BCUT2D eigenvalue weighted by molar-refractivity contribution is -0.242. The Labute approximate surface area is 218 Å². The Bertz CT molecular complexity index is 1140. The minimum atomic E-state index is -1.05. The Kier molecular flexibility index (Phi) is 7.09. The first-order chi connectivity index (χ1) is 16.6. The second kappa shape index (κ2) is 9.42. The summed E-state index contributed by atoms with van der Waals surface area (Å²) >= 11 is 6.70. The molecule has 0 aliphatic carbocycles. The first-order valence-corrected chi connectivity index (χ1v) is 12.6. The molecule has 11 heteroatoms. The number of halogens is 1. The quantitative estimate of drug-likeness (QED) is 0.464. The van der Waals surface area contributed by atoms with Gasteiger partial charge in [0.15, 0.2) is 5.82 Å². The van der Waals surface area contributed by atoms with Crippen molar-refractivity contribution >= 4 is 35.8 Å². The Morgan fingerprint density at radius 1 is 1.25 bits per heavy atom. The van der Waals surface area contributed by atoms with E-state index in [-0.39, 0.29) is 11.7 Å². The van der Waals surface area contributed by atoms with Crippen LogP contribution in [0.4, 0.5) is 5.69 Å². The van der Waals surface area contributed by atoms with Crippen molar-refractivity contribution in [2.45, 2.75) is 84.6 Å². The highest BCUT2D eigenvalue weighted by Gasteiger charge is 2.52. The highest BCUT2D eigenvalue weighted by atomic mass is 35.5. The van der Waals surface area contributed by atoms with Gasteiger partial charge in [0.05, 0.1) is 33.2 Å². The van der Waals surface area contributed by atoms with Crippen molar-refractivity contribution in [3.8, 4) is 0 Å². The Balaban J connectivity index is 1.51. The lowest BCUT2D eigenvalue weighted by Crippen LogP contribution is -2.44. The minimum Gasteiger partial charge on any atom is -0.399 e. The van der Waals surface area contributed by atoms with E-state index >= 15 is 0 Å². The van der Waals surface area contributed by atoms with Gasteiger partial charge in [0.25, 0.3) is 5.91 Å². The maximum absolute atomic E-state index is 13.2. The van der Waals surface area contributed by atoms with Crippen LogP contribution in [-0.2, 0) is 34.1 Å². The summed E-state index contributed by atoms with van der Waals surface area (Å²) in [5.74, 6) is -0.108. The molecule has 1 amide bonds. The number of ether oxygens (including phenoxy) is 1. The highest BCUT2D eigenvalue weighted by Crippen LogP contribution is 2.37. The number of nitrogens with zero attached hydrogens (tertiary/aromatic N) is 3. The van der Waals surface area contributed by atoms with Crippen molar-refractivity contribution in [3.05, 3.63) is 40.4 Å². The minimum absolute atomic E-state index is 0.269. The highest BCUT2D eigenvalue weighted by molar-refractivity contribution is 6.66. The fraction of sp³-hybridized carbons (Fsp3) is 0.600. The second-order valence-corrected chi connectivity index (χ2v) is 11.8. The number of hydrogen-bond donors (Lipinski definition) is 2. The molecule has 2 N–H and O–H groups in total. The van der Waals surface area contributed by atoms with E-state index in [2.05, 4.69) is 10.3 Å². The van der Waals surface area contributed by atoms with Crippen LogP contribution in [-0.4, -0.2) is 62.3 Å². The monoisotopic (exact) mass is 518 g/mol. The topological polar surface area (TPSA) is 98.1 Å². The summed E-state index contributed by atoms with van der Waals surface area (Å²) in [6, 6.07) is 5.37. The van der Waals surface area contributed by atoms with Crippen LogP contribution < -0.4 is 10.8 Å². The fourth-order valence-electron chi connectivity index (χ4n) is 4.31. The van der Waals surface area contributed by atoms with E-state index in [1.165, 1.54) is 0 Å². The standard InChI is InChI=1S/C25H36BClN4O5/c1-23(2,3)34-22(33)31-13-12-18-17(14-31)28-20(30(18)8)21(32)29-16-11-9-10-15(19(16)27)26-35-24(4,5)25(6,7)36-26/h9-11,22,33H,12-14H2,1-8H3,(H,29,32). The van der Waals surface area contributed by atoms with E-state index in [0.29, 0.717) is 35.7 Å².